The van der Waals surface area contributed by atoms with Gasteiger partial charge in [0.2, 0.25) is 17.1 Å². The summed E-state index contributed by atoms with van der Waals surface area (Å²) in [6.07, 6.45) is 1.82. The normalized spacial score (nSPS) is 22.7. The van der Waals surface area contributed by atoms with Gasteiger partial charge in [-0.1, -0.05) is 13.0 Å². The lowest BCUT2D eigenvalue weighted by Crippen LogP contribution is -2.66. The molecule has 3 atom stereocenters. The van der Waals surface area contributed by atoms with Crippen molar-refractivity contribution in [3.05, 3.63) is 28.3 Å². The van der Waals surface area contributed by atoms with Crippen molar-refractivity contribution in [1.82, 2.24) is 20.1 Å². The van der Waals surface area contributed by atoms with Crippen LogP contribution in [0.15, 0.2) is 16.0 Å². The first kappa shape index (κ1) is 31.8. The topological polar surface area (TPSA) is 180 Å². The van der Waals surface area contributed by atoms with E-state index in [1.54, 1.807) is 13.8 Å². The summed E-state index contributed by atoms with van der Waals surface area (Å²) in [7, 11) is -3.96. The Morgan fingerprint density at radius 1 is 1.20 bits per heavy atom. The fourth-order valence-corrected chi connectivity index (χ4v) is 6.97. The van der Waals surface area contributed by atoms with Crippen molar-refractivity contribution in [1.29, 1.82) is 0 Å². The number of carbonyl (C=O) groups is 3. The molecule has 2 amide bonds. The summed E-state index contributed by atoms with van der Waals surface area (Å²) in [4.78, 5) is 42.4. The van der Waals surface area contributed by atoms with Gasteiger partial charge < -0.3 is 16.8 Å². The van der Waals surface area contributed by atoms with Crippen LogP contribution in [0.1, 0.15) is 61.3 Å². The molecule has 0 bridgehead atoms. The summed E-state index contributed by atoms with van der Waals surface area (Å²) in [6.45, 7) is 10.3. The van der Waals surface area contributed by atoms with Crippen molar-refractivity contribution in [3.8, 4) is 0 Å². The SMILES string of the molecule is CC[C@]1(N)CCN2CC[C@@H](C(=O)N[C@@H](CCCN=C(N)NS(=O)(=O)c3c(C)cc(C)c(C)c3C)C(=O)Cl)N2C1=O. The Morgan fingerprint density at radius 2 is 1.88 bits per heavy atom. The van der Waals surface area contributed by atoms with E-state index in [0.29, 0.717) is 43.5 Å². The molecular weight excluding hydrogens is 558 g/mol. The predicted molar refractivity (Wildman–Crippen MR) is 153 cm³/mol. The van der Waals surface area contributed by atoms with Crippen LogP contribution in [0.5, 0.6) is 0 Å². The summed E-state index contributed by atoms with van der Waals surface area (Å²) in [5, 5.41) is 5.15. The van der Waals surface area contributed by atoms with Crippen molar-refractivity contribution in [2.75, 3.05) is 19.6 Å². The molecule has 0 unspecified atom stereocenters. The molecule has 0 aliphatic carbocycles. The highest BCUT2D eigenvalue weighted by atomic mass is 35.5. The lowest BCUT2D eigenvalue weighted by Gasteiger charge is -2.43. The number of carbonyl (C=O) groups excluding carboxylic acids is 3. The van der Waals surface area contributed by atoms with E-state index in [1.165, 1.54) is 5.01 Å². The summed E-state index contributed by atoms with van der Waals surface area (Å²) in [6, 6.07) is 0.0227. The first-order valence-corrected chi connectivity index (χ1v) is 15.3. The molecule has 2 heterocycles. The third-order valence-corrected chi connectivity index (χ3v) is 9.87. The number of fused-ring (bicyclic) bond motifs is 1. The van der Waals surface area contributed by atoms with Crippen molar-refractivity contribution in [3.63, 3.8) is 0 Å². The van der Waals surface area contributed by atoms with Gasteiger partial charge in [-0.2, -0.15) is 0 Å². The van der Waals surface area contributed by atoms with Gasteiger partial charge in [0.05, 0.1) is 10.4 Å². The summed E-state index contributed by atoms with van der Waals surface area (Å²) in [5.74, 6) is -1.07. The second kappa shape index (κ2) is 12.4. The average molecular weight is 598 g/mol. The van der Waals surface area contributed by atoms with Gasteiger partial charge in [0.15, 0.2) is 0 Å². The minimum atomic E-state index is -3.96. The number of nitrogens with zero attached hydrogens (tertiary/aromatic N) is 3. The zero-order chi connectivity index (χ0) is 30.0. The lowest BCUT2D eigenvalue weighted by molar-refractivity contribution is -0.165. The number of nitrogens with one attached hydrogen (secondary N) is 2. The Kier molecular flexibility index (Phi) is 9.86. The second-order valence-corrected chi connectivity index (χ2v) is 12.6. The van der Waals surface area contributed by atoms with E-state index in [-0.39, 0.29) is 36.1 Å². The van der Waals surface area contributed by atoms with E-state index >= 15 is 0 Å². The summed E-state index contributed by atoms with van der Waals surface area (Å²) >= 11 is 5.76. The number of amides is 2. The Balaban J connectivity index is 1.59. The minimum Gasteiger partial charge on any atom is -0.369 e. The Hall–Kier alpha value is -2.74. The number of hydrogen-bond acceptors (Lipinski definition) is 8. The molecule has 0 spiro atoms. The van der Waals surface area contributed by atoms with Gasteiger partial charge in [-0.05, 0) is 93.7 Å². The number of aryl methyl sites for hydroxylation is 2. The van der Waals surface area contributed by atoms with Gasteiger partial charge in [0.1, 0.15) is 12.1 Å². The number of hydrazine groups is 1. The zero-order valence-corrected chi connectivity index (χ0v) is 25.3. The molecule has 1 aromatic carbocycles. The number of guanidine groups is 1. The van der Waals surface area contributed by atoms with Crippen LogP contribution in [0.25, 0.3) is 0 Å². The number of nitrogens with two attached hydrogens (primary N) is 2. The molecule has 222 valence electrons. The molecule has 12 nitrogen and oxygen atoms in total. The van der Waals surface area contributed by atoms with E-state index in [1.807, 2.05) is 31.8 Å². The maximum absolute atomic E-state index is 13.1. The van der Waals surface area contributed by atoms with Crippen LogP contribution in [0.2, 0.25) is 0 Å². The smallest absolute Gasteiger partial charge is 0.264 e. The van der Waals surface area contributed by atoms with Crippen LogP contribution in [-0.2, 0) is 24.4 Å². The minimum absolute atomic E-state index is 0.0871. The van der Waals surface area contributed by atoms with Gasteiger partial charge in [0.25, 0.3) is 15.9 Å². The third kappa shape index (κ3) is 6.59. The maximum Gasteiger partial charge on any atom is 0.264 e. The van der Waals surface area contributed by atoms with Gasteiger partial charge in [-0.25, -0.2) is 18.1 Å². The number of aliphatic imine (C=N–C) groups is 1. The highest BCUT2D eigenvalue weighted by molar-refractivity contribution is 7.90. The van der Waals surface area contributed by atoms with Gasteiger partial charge in [0, 0.05) is 19.6 Å². The van der Waals surface area contributed by atoms with Crippen molar-refractivity contribution in [2.24, 2.45) is 16.5 Å². The van der Waals surface area contributed by atoms with Gasteiger partial charge >= 0.3 is 0 Å². The average Bonchev–Trinajstić information content (AvgIpc) is 3.31. The quantitative estimate of drug-likeness (QED) is 0.133. The Bertz CT molecular complexity index is 1320. The highest BCUT2D eigenvalue weighted by Gasteiger charge is 2.50. The van der Waals surface area contributed by atoms with Crippen molar-refractivity contribution in [2.45, 2.75) is 89.2 Å². The van der Waals surface area contributed by atoms with Crippen molar-refractivity contribution < 1.29 is 22.8 Å². The first-order chi connectivity index (χ1) is 18.6. The number of sulfonamides is 1. The van der Waals surface area contributed by atoms with Crippen LogP contribution in [0.3, 0.4) is 0 Å². The van der Waals surface area contributed by atoms with E-state index in [4.69, 9.17) is 23.1 Å². The molecule has 2 aliphatic rings. The van der Waals surface area contributed by atoms with Crippen molar-refractivity contribution >= 4 is 44.6 Å². The Morgan fingerprint density at radius 3 is 2.50 bits per heavy atom. The molecule has 3 rings (SSSR count). The van der Waals surface area contributed by atoms with Crippen LogP contribution in [0, 0.1) is 27.7 Å². The highest BCUT2D eigenvalue weighted by Crippen LogP contribution is 2.31. The monoisotopic (exact) mass is 597 g/mol. The van der Waals surface area contributed by atoms with Gasteiger partial charge in [-0.15, -0.1) is 0 Å². The molecule has 0 radical (unpaired) electrons. The van der Waals surface area contributed by atoms with Crippen LogP contribution >= 0.6 is 11.6 Å². The summed E-state index contributed by atoms with van der Waals surface area (Å²) in [5.41, 5.74) is 14.2. The van der Waals surface area contributed by atoms with E-state index in [0.717, 1.165) is 11.1 Å². The molecule has 2 fully saturated rings. The molecule has 0 aromatic heterocycles. The van der Waals surface area contributed by atoms with E-state index in [2.05, 4.69) is 15.0 Å². The standard InChI is InChI=1S/C26H40ClN7O5S/c1-6-26(29)10-13-33-12-9-20(34(33)24(26)37)23(36)31-19(22(27)35)8-7-11-30-25(28)32-40(38,39)21-16(3)14-15(2)17(4)18(21)5/h14,19-20H,6-13,29H2,1-5H3,(H,31,36)(H3,28,30,32)/t19-,20-,26-/m0/s1. The fourth-order valence-electron chi connectivity index (χ4n) is 5.32. The fraction of sp³-hybridized carbons (Fsp3) is 0.615. The molecule has 14 heteroatoms. The lowest BCUT2D eigenvalue weighted by atomic mass is 9.90. The summed E-state index contributed by atoms with van der Waals surface area (Å²) < 4.78 is 28.3. The second-order valence-electron chi connectivity index (χ2n) is 10.6. The predicted octanol–water partition coefficient (Wildman–Crippen LogP) is 0.873. The number of rotatable bonds is 10. The number of hydrogen-bond donors (Lipinski definition) is 4. The molecule has 0 saturated carbocycles. The van der Waals surface area contributed by atoms with Crippen LogP contribution < -0.4 is 21.5 Å². The molecule has 6 N–H and O–H groups in total. The molecule has 2 saturated heterocycles. The maximum atomic E-state index is 13.1. The number of benzene rings is 1. The molecular formula is C26H40ClN7O5S. The van der Waals surface area contributed by atoms with E-state index in [9.17, 15) is 22.8 Å². The van der Waals surface area contributed by atoms with E-state index < -0.39 is 38.8 Å². The molecule has 40 heavy (non-hydrogen) atoms. The van der Waals surface area contributed by atoms with Gasteiger partial charge in [-0.3, -0.25) is 24.4 Å². The zero-order valence-electron chi connectivity index (χ0n) is 23.7. The number of halogens is 1. The van der Waals surface area contributed by atoms with Crippen LogP contribution in [-0.4, -0.2) is 78.7 Å². The largest absolute Gasteiger partial charge is 0.369 e. The Labute approximate surface area is 240 Å². The molecule has 1 aromatic rings. The molecule has 2 aliphatic heterocycles. The van der Waals surface area contributed by atoms with Crippen LogP contribution in [0.4, 0.5) is 0 Å². The third-order valence-electron chi connectivity index (χ3n) is 7.96. The first-order valence-electron chi connectivity index (χ1n) is 13.4.